The Labute approximate surface area is 103 Å². The van der Waals surface area contributed by atoms with Gasteiger partial charge in [-0.25, -0.2) is 8.78 Å². The van der Waals surface area contributed by atoms with Gasteiger partial charge in [-0.05, 0) is 35.9 Å². The molecule has 0 aliphatic rings. The van der Waals surface area contributed by atoms with E-state index in [1.807, 2.05) is 18.2 Å². The highest BCUT2D eigenvalue weighted by Crippen LogP contribution is 2.25. The first-order valence-corrected chi connectivity index (χ1v) is 5.46. The summed E-state index contributed by atoms with van der Waals surface area (Å²) in [5.41, 5.74) is 1.76. The Bertz CT molecular complexity index is 723. The van der Waals surface area contributed by atoms with Gasteiger partial charge in [0.25, 0.3) is 0 Å². The molecule has 3 rings (SSSR count). The number of fused-ring (bicyclic) bond motifs is 1. The quantitative estimate of drug-likeness (QED) is 0.627. The van der Waals surface area contributed by atoms with Gasteiger partial charge < -0.3 is 0 Å². The van der Waals surface area contributed by atoms with Gasteiger partial charge in [0.05, 0.1) is 5.52 Å². The molecular formula is C15H8F2N. The number of hydrogen-bond donors (Lipinski definition) is 0. The summed E-state index contributed by atoms with van der Waals surface area (Å²) >= 11 is 0. The average Bonchev–Trinajstić information content (AvgIpc) is 2.38. The van der Waals surface area contributed by atoms with Crippen LogP contribution in [0, 0.1) is 17.7 Å². The molecule has 0 aliphatic heterocycles. The largest absolute Gasteiger partial charge is 0.256 e. The predicted molar refractivity (Wildman–Crippen MR) is 65.9 cm³/mol. The lowest BCUT2D eigenvalue weighted by atomic mass is 10.0. The summed E-state index contributed by atoms with van der Waals surface area (Å²) in [6.45, 7) is 0. The smallest absolute Gasteiger partial charge is 0.134 e. The molecule has 1 nitrogen and oxygen atoms in total. The number of rotatable bonds is 1. The molecule has 1 radical (unpaired) electrons. The van der Waals surface area contributed by atoms with Crippen molar-refractivity contribution in [3.8, 4) is 11.1 Å². The zero-order chi connectivity index (χ0) is 12.5. The summed E-state index contributed by atoms with van der Waals surface area (Å²) in [6.07, 6.45) is 1.70. The molecule has 0 unspecified atom stereocenters. The van der Waals surface area contributed by atoms with E-state index in [0.29, 0.717) is 5.56 Å². The van der Waals surface area contributed by atoms with Gasteiger partial charge in [0.1, 0.15) is 11.6 Å². The van der Waals surface area contributed by atoms with E-state index in [9.17, 15) is 8.78 Å². The highest BCUT2D eigenvalue weighted by Gasteiger charge is 2.07. The molecule has 18 heavy (non-hydrogen) atoms. The summed E-state index contributed by atoms with van der Waals surface area (Å²) in [4.78, 5) is 4.19. The molecule has 0 saturated heterocycles. The number of nitrogens with zero attached hydrogens (tertiary/aromatic N) is 1. The van der Waals surface area contributed by atoms with Crippen molar-refractivity contribution < 1.29 is 8.78 Å². The second kappa shape index (κ2) is 4.18. The molecule has 0 spiro atoms. The first-order chi connectivity index (χ1) is 8.74. The fraction of sp³-hybridized carbons (Fsp3) is 0. The van der Waals surface area contributed by atoms with Crippen LogP contribution in [0.1, 0.15) is 0 Å². The molecule has 1 aromatic heterocycles. The predicted octanol–water partition coefficient (Wildman–Crippen LogP) is 3.98. The summed E-state index contributed by atoms with van der Waals surface area (Å²) < 4.78 is 26.5. The number of benzene rings is 2. The number of aromatic nitrogens is 1. The molecule has 87 valence electrons. The third-order valence-corrected chi connectivity index (χ3v) is 2.75. The second-order valence-corrected chi connectivity index (χ2v) is 3.95. The van der Waals surface area contributed by atoms with Crippen LogP contribution in [-0.4, -0.2) is 4.98 Å². The molecule has 0 bridgehead atoms. The zero-order valence-corrected chi connectivity index (χ0v) is 9.32. The maximum Gasteiger partial charge on any atom is 0.134 e. The third kappa shape index (κ3) is 1.84. The highest BCUT2D eigenvalue weighted by atomic mass is 19.1. The van der Waals surface area contributed by atoms with Crippen molar-refractivity contribution in [1.82, 2.24) is 4.98 Å². The Morgan fingerprint density at radius 3 is 2.78 bits per heavy atom. The summed E-state index contributed by atoms with van der Waals surface area (Å²) in [6, 6.07) is 13.7. The van der Waals surface area contributed by atoms with E-state index in [0.717, 1.165) is 23.0 Å². The third-order valence-electron chi connectivity index (χ3n) is 2.75. The minimum absolute atomic E-state index is 0.266. The first kappa shape index (κ1) is 10.8. The van der Waals surface area contributed by atoms with Gasteiger partial charge in [-0.2, -0.15) is 0 Å². The van der Waals surface area contributed by atoms with Gasteiger partial charge in [-0.15, -0.1) is 0 Å². The lowest BCUT2D eigenvalue weighted by Crippen LogP contribution is -1.87. The van der Waals surface area contributed by atoms with E-state index in [1.165, 1.54) is 0 Å². The molecule has 3 aromatic rings. The molecule has 3 heteroatoms. The van der Waals surface area contributed by atoms with Crippen LogP contribution in [0.15, 0.2) is 48.7 Å². The van der Waals surface area contributed by atoms with Gasteiger partial charge in [-0.3, -0.25) is 4.98 Å². The van der Waals surface area contributed by atoms with Crippen molar-refractivity contribution in [2.75, 3.05) is 0 Å². The van der Waals surface area contributed by atoms with E-state index in [-0.39, 0.29) is 5.56 Å². The summed E-state index contributed by atoms with van der Waals surface area (Å²) in [5, 5.41) is 0.909. The first-order valence-electron chi connectivity index (χ1n) is 5.46. The van der Waals surface area contributed by atoms with E-state index in [4.69, 9.17) is 0 Å². The van der Waals surface area contributed by atoms with E-state index in [1.54, 1.807) is 18.3 Å². The minimum Gasteiger partial charge on any atom is -0.256 e. The number of pyridine rings is 1. The molecule has 2 aromatic carbocycles. The van der Waals surface area contributed by atoms with E-state index < -0.39 is 11.6 Å². The van der Waals surface area contributed by atoms with Gasteiger partial charge >= 0.3 is 0 Å². The zero-order valence-electron chi connectivity index (χ0n) is 9.32. The summed E-state index contributed by atoms with van der Waals surface area (Å²) in [7, 11) is 0. The standard InChI is InChI=1S/C15H8F2N/c16-12-4-5-13(14(17)9-12)10-3-6-15-11(8-10)2-1-7-18-15/h1-4,6-9H. The van der Waals surface area contributed by atoms with E-state index in [2.05, 4.69) is 11.1 Å². The second-order valence-electron chi connectivity index (χ2n) is 3.95. The molecular weight excluding hydrogens is 232 g/mol. The van der Waals surface area contributed by atoms with Crippen molar-refractivity contribution in [2.45, 2.75) is 0 Å². The van der Waals surface area contributed by atoms with Crippen LogP contribution < -0.4 is 0 Å². The number of halogens is 2. The van der Waals surface area contributed by atoms with Gasteiger partial charge in [0, 0.05) is 23.2 Å². The Kier molecular flexibility index (Phi) is 2.52. The SMILES string of the molecule is Fc1c[c]c(-c2ccc3ncccc3c2)c(F)c1. The van der Waals surface area contributed by atoms with Crippen LogP contribution >= 0.6 is 0 Å². The normalized spacial score (nSPS) is 10.8. The van der Waals surface area contributed by atoms with Gasteiger partial charge in [-0.1, -0.05) is 12.1 Å². The molecule has 0 aliphatic carbocycles. The van der Waals surface area contributed by atoms with Gasteiger partial charge in [0.2, 0.25) is 0 Å². The molecule has 1 heterocycles. The van der Waals surface area contributed by atoms with Crippen molar-refractivity contribution in [1.29, 1.82) is 0 Å². The van der Waals surface area contributed by atoms with Crippen molar-refractivity contribution >= 4 is 10.9 Å². The maximum atomic E-state index is 13.6. The fourth-order valence-electron chi connectivity index (χ4n) is 1.90. The van der Waals surface area contributed by atoms with Crippen LogP contribution in [0.2, 0.25) is 0 Å². The Hall–Kier alpha value is -2.29. The van der Waals surface area contributed by atoms with Crippen LogP contribution in [0.3, 0.4) is 0 Å². The van der Waals surface area contributed by atoms with Crippen LogP contribution in [0.5, 0.6) is 0 Å². The highest BCUT2D eigenvalue weighted by molar-refractivity contribution is 5.84. The molecule has 0 saturated carbocycles. The molecule has 0 amide bonds. The van der Waals surface area contributed by atoms with Gasteiger partial charge in [0.15, 0.2) is 0 Å². The number of hydrogen-bond acceptors (Lipinski definition) is 1. The average molecular weight is 240 g/mol. The van der Waals surface area contributed by atoms with Crippen LogP contribution in [-0.2, 0) is 0 Å². The Morgan fingerprint density at radius 2 is 1.94 bits per heavy atom. The monoisotopic (exact) mass is 240 g/mol. The molecule has 0 atom stereocenters. The summed E-state index contributed by atoms with van der Waals surface area (Å²) in [5.74, 6) is -1.24. The Morgan fingerprint density at radius 1 is 1.06 bits per heavy atom. The lowest BCUT2D eigenvalue weighted by molar-refractivity contribution is 0.585. The van der Waals surface area contributed by atoms with Crippen LogP contribution in [0.4, 0.5) is 8.78 Å². The topological polar surface area (TPSA) is 12.9 Å². The minimum atomic E-state index is -0.626. The van der Waals surface area contributed by atoms with Crippen LogP contribution in [0.25, 0.3) is 22.0 Å². The van der Waals surface area contributed by atoms with Crippen molar-refractivity contribution in [2.24, 2.45) is 0 Å². The maximum absolute atomic E-state index is 13.6. The van der Waals surface area contributed by atoms with Crippen molar-refractivity contribution in [3.05, 3.63) is 66.4 Å². The molecule has 0 fully saturated rings. The molecule has 0 N–H and O–H groups in total. The lowest BCUT2D eigenvalue weighted by Gasteiger charge is -2.04. The van der Waals surface area contributed by atoms with Crippen molar-refractivity contribution in [3.63, 3.8) is 0 Å². The van der Waals surface area contributed by atoms with E-state index >= 15 is 0 Å². The Balaban J connectivity index is 2.19. The fourth-order valence-corrected chi connectivity index (χ4v) is 1.90.